The van der Waals surface area contributed by atoms with Gasteiger partial charge in [0.05, 0.1) is 12.2 Å². The van der Waals surface area contributed by atoms with Crippen LogP contribution < -0.4 is 10.4 Å². The van der Waals surface area contributed by atoms with Crippen molar-refractivity contribution in [1.82, 2.24) is 10.6 Å². The average molecular weight is 487 g/mol. The third-order valence-corrected chi connectivity index (χ3v) is 4.46. The quantitative estimate of drug-likeness (QED) is 0.655. The lowest BCUT2D eigenvalue weighted by Crippen LogP contribution is -2.41. The van der Waals surface area contributed by atoms with E-state index in [2.05, 4.69) is 10.6 Å². The highest BCUT2D eigenvalue weighted by Crippen LogP contribution is 2.24. The van der Waals surface area contributed by atoms with Gasteiger partial charge in [-0.1, -0.05) is 11.2 Å². The molecule has 1 aromatic carbocycles. The van der Waals surface area contributed by atoms with Gasteiger partial charge in [-0.3, -0.25) is 15.2 Å². The van der Waals surface area contributed by atoms with E-state index < -0.39 is 17.8 Å². The number of hydrogen-bond donors (Lipinski definition) is 1. The molecular formula is C18H19FIN3O4. The van der Waals surface area contributed by atoms with Crippen molar-refractivity contribution in [1.29, 1.82) is 0 Å². The van der Waals surface area contributed by atoms with E-state index in [0.29, 0.717) is 20.6 Å². The van der Waals surface area contributed by atoms with Crippen molar-refractivity contribution >= 4 is 40.2 Å². The second-order valence-corrected chi connectivity index (χ2v) is 8.08. The van der Waals surface area contributed by atoms with E-state index in [4.69, 9.17) is 14.1 Å². The molecule has 0 saturated carbocycles. The Kier molecular flexibility index (Phi) is 5.70. The van der Waals surface area contributed by atoms with Crippen molar-refractivity contribution in [3.63, 3.8) is 0 Å². The molecule has 1 N–H and O–H groups in total. The largest absolute Gasteiger partial charge is 0.443 e. The molecule has 0 radical (unpaired) electrons. The SMILES string of the molecule is CC(C)(C)OC(=O)N(CC1C=C(c2ccc(I)c(F)c2)NO1)c1ccon1. The zero-order chi connectivity index (χ0) is 19.6. The molecule has 1 unspecified atom stereocenters. The number of aromatic nitrogens is 1. The summed E-state index contributed by atoms with van der Waals surface area (Å²) in [7, 11) is 0. The number of nitrogens with one attached hydrogen (secondary N) is 1. The number of anilines is 1. The maximum atomic E-state index is 13.8. The number of nitrogens with zero attached hydrogens (tertiary/aromatic N) is 2. The molecule has 1 aliphatic heterocycles. The molecule has 2 aromatic rings. The first-order valence-electron chi connectivity index (χ1n) is 8.23. The average Bonchev–Trinajstić information content (AvgIpc) is 3.25. The van der Waals surface area contributed by atoms with Gasteiger partial charge in [-0.15, -0.1) is 0 Å². The van der Waals surface area contributed by atoms with Gasteiger partial charge in [-0.2, -0.15) is 0 Å². The van der Waals surface area contributed by atoms with Crippen LogP contribution in [0.4, 0.5) is 15.0 Å². The molecule has 0 aliphatic carbocycles. The lowest BCUT2D eigenvalue weighted by molar-refractivity contribution is 0.0423. The summed E-state index contributed by atoms with van der Waals surface area (Å²) in [5.41, 5.74) is 3.40. The Hall–Kier alpha value is -2.14. The van der Waals surface area contributed by atoms with Crippen molar-refractivity contribution in [2.24, 2.45) is 0 Å². The first kappa shape index (κ1) is 19.6. The van der Waals surface area contributed by atoms with E-state index in [1.165, 1.54) is 17.2 Å². The highest BCUT2D eigenvalue weighted by molar-refractivity contribution is 14.1. The number of carbonyl (C=O) groups excluding carboxylic acids is 1. The van der Waals surface area contributed by atoms with E-state index in [1.807, 2.05) is 22.6 Å². The van der Waals surface area contributed by atoms with Gasteiger partial charge in [0, 0.05) is 15.2 Å². The van der Waals surface area contributed by atoms with Crippen LogP contribution in [-0.4, -0.2) is 29.5 Å². The van der Waals surface area contributed by atoms with Crippen molar-refractivity contribution in [2.45, 2.75) is 32.5 Å². The fraction of sp³-hybridized carbons (Fsp3) is 0.333. The summed E-state index contributed by atoms with van der Waals surface area (Å²) in [5, 5.41) is 3.81. The fourth-order valence-corrected chi connectivity index (χ4v) is 2.74. The zero-order valence-corrected chi connectivity index (χ0v) is 17.2. The van der Waals surface area contributed by atoms with Crippen LogP contribution in [0.25, 0.3) is 5.70 Å². The van der Waals surface area contributed by atoms with Gasteiger partial charge >= 0.3 is 6.09 Å². The van der Waals surface area contributed by atoms with Crippen LogP contribution in [0.5, 0.6) is 0 Å². The van der Waals surface area contributed by atoms with E-state index in [-0.39, 0.29) is 12.4 Å². The summed E-state index contributed by atoms with van der Waals surface area (Å²) in [6, 6.07) is 6.46. The monoisotopic (exact) mass is 487 g/mol. The smallest absolute Gasteiger partial charge is 0.416 e. The van der Waals surface area contributed by atoms with Crippen LogP contribution in [0.2, 0.25) is 0 Å². The summed E-state index contributed by atoms with van der Waals surface area (Å²) in [6.07, 6.45) is 2.10. The molecule has 0 fully saturated rings. The third-order valence-electron chi connectivity index (χ3n) is 3.58. The van der Waals surface area contributed by atoms with Crippen LogP contribution in [0.3, 0.4) is 0 Å². The maximum Gasteiger partial charge on any atom is 0.416 e. The number of halogens is 2. The van der Waals surface area contributed by atoms with Crippen LogP contribution in [-0.2, 0) is 9.57 Å². The minimum Gasteiger partial charge on any atom is -0.443 e. The number of rotatable bonds is 4. The number of ether oxygens (including phenoxy) is 1. The molecular weight excluding hydrogens is 468 g/mol. The number of carbonyl (C=O) groups is 1. The number of hydroxylamine groups is 1. The minimum absolute atomic E-state index is 0.144. The summed E-state index contributed by atoms with van der Waals surface area (Å²) < 4.78 is 24.6. The van der Waals surface area contributed by atoms with E-state index >= 15 is 0 Å². The second kappa shape index (κ2) is 7.85. The molecule has 2 heterocycles. The van der Waals surface area contributed by atoms with Crippen LogP contribution in [0.1, 0.15) is 26.3 Å². The normalized spacial score (nSPS) is 16.6. The molecule has 0 spiro atoms. The molecule has 1 amide bonds. The predicted octanol–water partition coefficient (Wildman–Crippen LogP) is 4.10. The Morgan fingerprint density at radius 1 is 1.41 bits per heavy atom. The maximum absolute atomic E-state index is 13.8. The second-order valence-electron chi connectivity index (χ2n) is 6.92. The molecule has 1 atom stereocenters. The molecule has 0 saturated heterocycles. The van der Waals surface area contributed by atoms with Gasteiger partial charge in [0.1, 0.15) is 23.8 Å². The number of amides is 1. The molecule has 9 heteroatoms. The van der Waals surface area contributed by atoms with E-state index in [0.717, 1.165) is 0 Å². The molecule has 27 heavy (non-hydrogen) atoms. The lowest BCUT2D eigenvalue weighted by Gasteiger charge is -2.26. The highest BCUT2D eigenvalue weighted by atomic mass is 127. The molecule has 3 rings (SSSR count). The molecule has 7 nitrogen and oxygen atoms in total. The molecule has 144 valence electrons. The van der Waals surface area contributed by atoms with E-state index in [1.54, 1.807) is 45.0 Å². The number of hydrogen-bond acceptors (Lipinski definition) is 6. The van der Waals surface area contributed by atoms with Gasteiger partial charge in [-0.25, -0.2) is 9.18 Å². The zero-order valence-electron chi connectivity index (χ0n) is 15.0. The van der Waals surface area contributed by atoms with Gasteiger partial charge in [0.2, 0.25) is 0 Å². The van der Waals surface area contributed by atoms with Gasteiger partial charge in [0.15, 0.2) is 5.82 Å². The standard InChI is InChI=1S/C18H19FIN3O4/c1-18(2,3)26-17(24)23(16-6-7-25-22-16)10-12-9-15(21-27-12)11-4-5-14(20)13(19)8-11/h4-9,12,21H,10H2,1-3H3. The third kappa shape index (κ3) is 4.98. The Morgan fingerprint density at radius 2 is 2.19 bits per heavy atom. The molecule has 1 aromatic heterocycles. The minimum atomic E-state index is -0.659. The first-order chi connectivity index (χ1) is 12.7. The van der Waals surface area contributed by atoms with Crippen molar-refractivity contribution in [3.05, 3.63) is 51.6 Å². The Bertz CT molecular complexity index is 849. The highest BCUT2D eigenvalue weighted by Gasteiger charge is 2.29. The topological polar surface area (TPSA) is 76.8 Å². The Balaban J connectivity index is 1.77. The molecule has 1 aliphatic rings. The number of benzene rings is 1. The van der Waals surface area contributed by atoms with Crippen molar-refractivity contribution in [3.8, 4) is 0 Å². The lowest BCUT2D eigenvalue weighted by atomic mass is 10.1. The van der Waals surface area contributed by atoms with Gasteiger partial charge < -0.3 is 9.26 Å². The Morgan fingerprint density at radius 3 is 2.81 bits per heavy atom. The van der Waals surface area contributed by atoms with Gasteiger partial charge in [0.25, 0.3) is 0 Å². The van der Waals surface area contributed by atoms with Crippen molar-refractivity contribution < 1.29 is 23.3 Å². The summed E-state index contributed by atoms with van der Waals surface area (Å²) in [4.78, 5) is 19.4. The fourth-order valence-electron chi connectivity index (χ4n) is 2.41. The van der Waals surface area contributed by atoms with Gasteiger partial charge in [-0.05, 0) is 61.6 Å². The van der Waals surface area contributed by atoms with E-state index in [9.17, 15) is 9.18 Å². The summed E-state index contributed by atoms with van der Waals surface area (Å²) in [5.74, 6) is 0.00670. The molecule has 0 bridgehead atoms. The van der Waals surface area contributed by atoms with Crippen molar-refractivity contribution in [2.75, 3.05) is 11.4 Å². The predicted molar refractivity (Wildman–Crippen MR) is 105 cm³/mol. The summed E-state index contributed by atoms with van der Waals surface area (Å²) >= 11 is 1.93. The van der Waals surface area contributed by atoms with Crippen LogP contribution in [0, 0.1) is 9.39 Å². The Labute approximate surface area is 169 Å². The first-order valence-corrected chi connectivity index (χ1v) is 9.30. The van der Waals surface area contributed by atoms with Crippen LogP contribution in [0.15, 0.2) is 41.1 Å². The summed E-state index contributed by atoms with van der Waals surface area (Å²) in [6.45, 7) is 5.49. The van der Waals surface area contributed by atoms with Crippen LogP contribution >= 0.6 is 22.6 Å².